The Labute approximate surface area is 127 Å². The summed E-state index contributed by atoms with van der Waals surface area (Å²) in [6.45, 7) is 3.80. The highest BCUT2D eigenvalue weighted by atomic mass is 35.5. The molecule has 2 heterocycles. The summed E-state index contributed by atoms with van der Waals surface area (Å²) < 4.78 is 5.50. The number of nitrogens with zero attached hydrogens (tertiary/aromatic N) is 4. The lowest BCUT2D eigenvalue weighted by atomic mass is 10.1. The van der Waals surface area contributed by atoms with Gasteiger partial charge in [-0.1, -0.05) is 18.2 Å². The molecule has 0 aliphatic carbocycles. The lowest BCUT2D eigenvalue weighted by Gasteiger charge is -2.09. The molecule has 106 valence electrons. The van der Waals surface area contributed by atoms with E-state index in [-0.39, 0.29) is 17.4 Å². The number of hydrogen-bond donors (Lipinski definition) is 0. The minimum Gasteiger partial charge on any atom is -0.461 e. The minimum atomic E-state index is -0.0399. The van der Waals surface area contributed by atoms with Crippen LogP contribution in [0, 0.1) is 0 Å². The summed E-state index contributed by atoms with van der Waals surface area (Å²) in [5.74, 6) is 0.454. The Bertz CT molecular complexity index is 786. The van der Waals surface area contributed by atoms with Crippen molar-refractivity contribution in [3.63, 3.8) is 0 Å². The molecule has 0 aliphatic heterocycles. The molecule has 0 amide bonds. The van der Waals surface area contributed by atoms with E-state index in [0.717, 1.165) is 16.5 Å². The van der Waals surface area contributed by atoms with Crippen LogP contribution >= 0.6 is 11.6 Å². The van der Waals surface area contributed by atoms with Gasteiger partial charge in [-0.2, -0.15) is 15.0 Å². The molecule has 0 bridgehead atoms. The van der Waals surface area contributed by atoms with Crippen LogP contribution in [0.25, 0.3) is 22.3 Å². The van der Waals surface area contributed by atoms with Gasteiger partial charge in [0.25, 0.3) is 0 Å². The van der Waals surface area contributed by atoms with Crippen molar-refractivity contribution in [3.05, 3.63) is 41.8 Å². The SMILES string of the molecule is CC(C)Oc1nc(Cl)nc(-c2cccc3cccnc23)n1. The first-order chi connectivity index (χ1) is 10.1. The first kappa shape index (κ1) is 13.7. The van der Waals surface area contributed by atoms with Crippen LogP contribution in [-0.4, -0.2) is 26.0 Å². The van der Waals surface area contributed by atoms with Crippen molar-refractivity contribution >= 4 is 22.5 Å². The number of rotatable bonds is 3. The van der Waals surface area contributed by atoms with E-state index in [4.69, 9.17) is 16.3 Å². The molecule has 0 N–H and O–H groups in total. The molecule has 0 saturated carbocycles. The number of ether oxygens (including phenoxy) is 1. The van der Waals surface area contributed by atoms with Crippen LogP contribution in [0.3, 0.4) is 0 Å². The third kappa shape index (κ3) is 2.92. The monoisotopic (exact) mass is 300 g/mol. The van der Waals surface area contributed by atoms with Crippen LogP contribution < -0.4 is 4.74 Å². The third-order valence-corrected chi connectivity index (χ3v) is 2.97. The van der Waals surface area contributed by atoms with E-state index in [2.05, 4.69) is 19.9 Å². The average Bonchev–Trinajstić information content (AvgIpc) is 2.45. The Morgan fingerprint density at radius 2 is 1.86 bits per heavy atom. The summed E-state index contributed by atoms with van der Waals surface area (Å²) in [6, 6.07) is 9.91. The molecule has 6 heteroatoms. The summed E-state index contributed by atoms with van der Waals surface area (Å²) in [6.07, 6.45) is 1.70. The highest BCUT2D eigenvalue weighted by molar-refractivity contribution is 6.28. The van der Waals surface area contributed by atoms with Crippen LogP contribution in [0.1, 0.15) is 13.8 Å². The summed E-state index contributed by atoms with van der Waals surface area (Å²) >= 11 is 5.97. The molecule has 0 spiro atoms. The van der Waals surface area contributed by atoms with E-state index in [1.54, 1.807) is 6.20 Å². The molecule has 2 aromatic heterocycles. The molecule has 5 nitrogen and oxygen atoms in total. The van der Waals surface area contributed by atoms with E-state index in [1.807, 2.05) is 44.2 Å². The smallest absolute Gasteiger partial charge is 0.321 e. The maximum absolute atomic E-state index is 5.97. The Hall–Kier alpha value is -2.27. The molecule has 0 radical (unpaired) electrons. The Kier molecular flexibility index (Phi) is 3.66. The second-order valence-electron chi connectivity index (χ2n) is 4.76. The molecule has 0 aliphatic rings. The number of halogens is 1. The molecule has 0 saturated heterocycles. The fourth-order valence-corrected chi connectivity index (χ4v) is 2.15. The Morgan fingerprint density at radius 1 is 1.05 bits per heavy atom. The zero-order valence-corrected chi connectivity index (χ0v) is 12.4. The van der Waals surface area contributed by atoms with Gasteiger partial charge in [0.2, 0.25) is 5.28 Å². The number of fused-ring (bicyclic) bond motifs is 1. The molecular formula is C15H13ClN4O. The summed E-state index contributed by atoms with van der Waals surface area (Å²) in [5, 5.41) is 1.11. The average molecular weight is 301 g/mol. The van der Waals surface area contributed by atoms with Crippen LogP contribution in [0.15, 0.2) is 36.5 Å². The van der Waals surface area contributed by atoms with Gasteiger partial charge < -0.3 is 4.74 Å². The molecule has 3 rings (SSSR count). The van der Waals surface area contributed by atoms with E-state index < -0.39 is 0 Å². The van der Waals surface area contributed by atoms with Crippen molar-refractivity contribution in [2.24, 2.45) is 0 Å². The molecule has 0 fully saturated rings. The van der Waals surface area contributed by atoms with Gasteiger partial charge in [-0.15, -0.1) is 0 Å². The van der Waals surface area contributed by atoms with E-state index >= 15 is 0 Å². The predicted octanol–water partition coefficient (Wildman–Crippen LogP) is 3.53. The standard InChI is InChI=1S/C15H13ClN4O/c1-9(2)21-15-19-13(18-14(16)20-15)11-7-3-5-10-6-4-8-17-12(10)11/h3-9H,1-2H3. The highest BCUT2D eigenvalue weighted by Crippen LogP contribution is 2.26. The van der Waals surface area contributed by atoms with Gasteiger partial charge in [-0.3, -0.25) is 4.98 Å². The van der Waals surface area contributed by atoms with Gasteiger partial charge in [0.05, 0.1) is 11.6 Å². The Morgan fingerprint density at radius 3 is 2.67 bits per heavy atom. The molecule has 0 atom stereocenters. The minimum absolute atomic E-state index is 0.0399. The largest absolute Gasteiger partial charge is 0.461 e. The molecule has 0 unspecified atom stereocenters. The predicted molar refractivity (Wildman–Crippen MR) is 81.3 cm³/mol. The van der Waals surface area contributed by atoms with Crippen molar-refractivity contribution < 1.29 is 4.74 Å². The van der Waals surface area contributed by atoms with E-state index in [9.17, 15) is 0 Å². The van der Waals surface area contributed by atoms with Crippen LogP contribution in [0.2, 0.25) is 5.28 Å². The van der Waals surface area contributed by atoms with Gasteiger partial charge >= 0.3 is 6.01 Å². The number of benzene rings is 1. The van der Waals surface area contributed by atoms with E-state index in [0.29, 0.717) is 5.82 Å². The van der Waals surface area contributed by atoms with Gasteiger partial charge in [0.1, 0.15) is 0 Å². The molecule has 3 aromatic rings. The van der Waals surface area contributed by atoms with Gasteiger partial charge in [-0.25, -0.2) is 0 Å². The summed E-state index contributed by atoms with van der Waals surface area (Å²) in [7, 11) is 0. The second kappa shape index (κ2) is 5.61. The fraction of sp³-hybridized carbons (Fsp3) is 0.200. The lowest BCUT2D eigenvalue weighted by molar-refractivity contribution is 0.222. The topological polar surface area (TPSA) is 60.8 Å². The molecule has 1 aromatic carbocycles. The van der Waals surface area contributed by atoms with Crippen molar-refractivity contribution in [2.75, 3.05) is 0 Å². The summed E-state index contributed by atoms with van der Waals surface area (Å²) in [4.78, 5) is 16.9. The Balaban J connectivity index is 2.16. The number of aromatic nitrogens is 4. The van der Waals surface area contributed by atoms with Crippen molar-refractivity contribution in [1.82, 2.24) is 19.9 Å². The molecule has 21 heavy (non-hydrogen) atoms. The van der Waals surface area contributed by atoms with Crippen LogP contribution in [0.5, 0.6) is 6.01 Å². The maximum Gasteiger partial charge on any atom is 0.321 e. The van der Waals surface area contributed by atoms with Crippen molar-refractivity contribution in [1.29, 1.82) is 0 Å². The first-order valence-electron chi connectivity index (χ1n) is 6.56. The van der Waals surface area contributed by atoms with Crippen molar-refractivity contribution in [3.8, 4) is 17.4 Å². The molecular weight excluding hydrogens is 288 g/mol. The van der Waals surface area contributed by atoms with Gasteiger partial charge in [0.15, 0.2) is 5.82 Å². The number of pyridine rings is 1. The van der Waals surface area contributed by atoms with E-state index in [1.165, 1.54) is 0 Å². The van der Waals surface area contributed by atoms with Gasteiger partial charge in [0, 0.05) is 17.1 Å². The quantitative estimate of drug-likeness (QED) is 0.740. The lowest BCUT2D eigenvalue weighted by Crippen LogP contribution is -2.09. The second-order valence-corrected chi connectivity index (χ2v) is 5.10. The van der Waals surface area contributed by atoms with Crippen LogP contribution in [-0.2, 0) is 0 Å². The fourth-order valence-electron chi connectivity index (χ4n) is 2.00. The number of para-hydroxylation sites is 1. The third-order valence-electron chi connectivity index (χ3n) is 2.80. The van der Waals surface area contributed by atoms with Crippen LogP contribution in [0.4, 0.5) is 0 Å². The zero-order valence-electron chi connectivity index (χ0n) is 11.6. The maximum atomic E-state index is 5.97. The first-order valence-corrected chi connectivity index (χ1v) is 6.93. The number of hydrogen-bond acceptors (Lipinski definition) is 5. The normalized spacial score (nSPS) is 11.0. The van der Waals surface area contributed by atoms with Gasteiger partial charge in [-0.05, 0) is 37.6 Å². The summed E-state index contributed by atoms with van der Waals surface area (Å²) in [5.41, 5.74) is 1.61. The van der Waals surface area contributed by atoms with Crippen molar-refractivity contribution in [2.45, 2.75) is 20.0 Å². The zero-order chi connectivity index (χ0) is 14.8. The highest BCUT2D eigenvalue weighted by Gasteiger charge is 2.12.